The number of ether oxygens (including phenoxy) is 2. The van der Waals surface area contributed by atoms with Crippen molar-refractivity contribution < 1.29 is 14.3 Å². The second-order valence-corrected chi connectivity index (χ2v) is 8.06. The zero-order valence-corrected chi connectivity index (χ0v) is 17.7. The Bertz CT molecular complexity index is 977. The summed E-state index contributed by atoms with van der Waals surface area (Å²) in [5.41, 5.74) is 2.97. The van der Waals surface area contributed by atoms with E-state index in [1.54, 1.807) is 7.11 Å². The Morgan fingerprint density at radius 3 is 2.87 bits per heavy atom. The van der Waals surface area contributed by atoms with Crippen LogP contribution in [0.25, 0.3) is 11.3 Å². The molecule has 1 fully saturated rings. The highest BCUT2D eigenvalue weighted by Crippen LogP contribution is 2.32. The van der Waals surface area contributed by atoms with E-state index in [0.29, 0.717) is 18.2 Å². The molecular formula is C23H25N3O3S. The lowest BCUT2D eigenvalue weighted by molar-refractivity contribution is -0.121. The van der Waals surface area contributed by atoms with Gasteiger partial charge in [0.15, 0.2) is 5.13 Å². The molecule has 0 spiro atoms. The monoisotopic (exact) mass is 423 g/mol. The van der Waals surface area contributed by atoms with Gasteiger partial charge in [-0.2, -0.15) is 0 Å². The van der Waals surface area contributed by atoms with Crippen molar-refractivity contribution in [1.29, 1.82) is 0 Å². The fraction of sp³-hybridized carbons (Fsp3) is 0.304. The molecule has 2 aromatic carbocycles. The Morgan fingerprint density at radius 2 is 2.03 bits per heavy atom. The number of amides is 1. The van der Waals surface area contributed by atoms with Gasteiger partial charge in [-0.15, -0.1) is 11.3 Å². The first-order chi connectivity index (χ1) is 14.7. The third kappa shape index (κ3) is 5.24. The second kappa shape index (κ2) is 9.84. The average Bonchev–Trinajstić information content (AvgIpc) is 3.22. The molecule has 1 N–H and O–H groups in total. The summed E-state index contributed by atoms with van der Waals surface area (Å²) in [4.78, 5) is 19.4. The molecule has 1 saturated heterocycles. The molecule has 1 aliphatic rings. The molecule has 30 heavy (non-hydrogen) atoms. The number of para-hydroxylation sites is 1. The Morgan fingerprint density at radius 1 is 1.23 bits per heavy atom. The summed E-state index contributed by atoms with van der Waals surface area (Å²) in [6.07, 6.45) is 0.200. The molecule has 3 aromatic rings. The first-order valence-electron chi connectivity index (χ1n) is 9.98. The van der Waals surface area contributed by atoms with Gasteiger partial charge in [0.1, 0.15) is 5.75 Å². The predicted molar refractivity (Wildman–Crippen MR) is 119 cm³/mol. The zero-order valence-electron chi connectivity index (χ0n) is 16.9. The molecule has 4 rings (SSSR count). The van der Waals surface area contributed by atoms with Crippen molar-refractivity contribution in [3.8, 4) is 17.0 Å². The summed E-state index contributed by atoms with van der Waals surface area (Å²) in [6, 6.07) is 18.1. The highest BCUT2D eigenvalue weighted by molar-refractivity contribution is 7.14. The molecule has 1 amide bonds. The Balaban J connectivity index is 1.32. The number of carbonyl (C=O) groups is 1. The molecule has 0 radical (unpaired) electrons. The first-order valence-corrected chi connectivity index (χ1v) is 10.9. The van der Waals surface area contributed by atoms with Crippen LogP contribution in [0, 0.1) is 0 Å². The second-order valence-electron chi connectivity index (χ2n) is 7.20. The van der Waals surface area contributed by atoms with Gasteiger partial charge >= 0.3 is 0 Å². The fourth-order valence-corrected chi connectivity index (χ4v) is 4.30. The summed E-state index contributed by atoms with van der Waals surface area (Å²) in [7, 11) is 1.64. The van der Waals surface area contributed by atoms with Gasteiger partial charge in [-0.25, -0.2) is 4.98 Å². The van der Waals surface area contributed by atoms with Crippen LogP contribution in [-0.4, -0.2) is 48.7 Å². The number of hydrogen-bond acceptors (Lipinski definition) is 6. The standard InChI is InChI=1S/C23H25N3O3S/c1-28-21-10-6-5-9-19(21)20-16-30-23(24-20)25-22(27)13-18-15-26(11-12-29-18)14-17-7-3-2-4-8-17/h2-10,16,18H,11-15H2,1H3,(H,24,25,27). The van der Waals surface area contributed by atoms with Crippen molar-refractivity contribution in [3.05, 3.63) is 65.5 Å². The number of rotatable bonds is 7. The molecule has 1 unspecified atom stereocenters. The number of aromatic nitrogens is 1. The molecule has 0 saturated carbocycles. The maximum Gasteiger partial charge on any atom is 0.228 e. The van der Waals surface area contributed by atoms with E-state index in [9.17, 15) is 4.79 Å². The van der Waals surface area contributed by atoms with Crippen molar-refractivity contribution >= 4 is 22.4 Å². The Kier molecular flexibility index (Phi) is 6.74. The summed E-state index contributed by atoms with van der Waals surface area (Å²) in [5, 5.41) is 5.41. The third-order valence-electron chi connectivity index (χ3n) is 5.02. The van der Waals surface area contributed by atoms with E-state index in [4.69, 9.17) is 9.47 Å². The van der Waals surface area contributed by atoms with Gasteiger partial charge in [-0.3, -0.25) is 9.69 Å². The van der Waals surface area contributed by atoms with Gasteiger partial charge in [0.25, 0.3) is 0 Å². The maximum absolute atomic E-state index is 12.5. The van der Waals surface area contributed by atoms with E-state index in [1.807, 2.05) is 47.8 Å². The minimum Gasteiger partial charge on any atom is -0.496 e. The van der Waals surface area contributed by atoms with Crippen molar-refractivity contribution in [1.82, 2.24) is 9.88 Å². The van der Waals surface area contributed by atoms with Crippen molar-refractivity contribution in [2.45, 2.75) is 19.1 Å². The van der Waals surface area contributed by atoms with Gasteiger partial charge in [0.2, 0.25) is 5.91 Å². The fourth-order valence-electron chi connectivity index (χ4n) is 3.58. The summed E-state index contributed by atoms with van der Waals surface area (Å²) in [6.45, 7) is 3.13. The molecule has 1 aromatic heterocycles. The first kappa shape index (κ1) is 20.5. The van der Waals surface area contributed by atoms with E-state index in [0.717, 1.165) is 36.6 Å². The van der Waals surface area contributed by atoms with Gasteiger partial charge in [-0.05, 0) is 17.7 Å². The lowest BCUT2D eigenvalue weighted by Crippen LogP contribution is -2.43. The van der Waals surface area contributed by atoms with Crippen LogP contribution in [0.4, 0.5) is 5.13 Å². The topological polar surface area (TPSA) is 63.7 Å². The maximum atomic E-state index is 12.5. The van der Waals surface area contributed by atoms with Crippen LogP contribution in [0.5, 0.6) is 5.75 Å². The molecule has 0 aliphatic carbocycles. The highest BCUT2D eigenvalue weighted by Gasteiger charge is 2.23. The number of anilines is 1. The van der Waals surface area contributed by atoms with E-state index in [-0.39, 0.29) is 12.0 Å². The SMILES string of the molecule is COc1ccccc1-c1csc(NC(=O)CC2CN(Cc3ccccc3)CCO2)n1. The summed E-state index contributed by atoms with van der Waals surface area (Å²) >= 11 is 1.41. The average molecular weight is 424 g/mol. The van der Waals surface area contributed by atoms with Crippen molar-refractivity contribution in [2.75, 3.05) is 32.1 Å². The molecule has 1 atom stereocenters. The normalized spacial score (nSPS) is 16.9. The van der Waals surface area contributed by atoms with Crippen molar-refractivity contribution in [2.24, 2.45) is 0 Å². The Hall–Kier alpha value is -2.74. The van der Waals surface area contributed by atoms with Crippen molar-refractivity contribution in [3.63, 3.8) is 0 Å². The van der Waals surface area contributed by atoms with Gasteiger partial charge in [0, 0.05) is 30.6 Å². The number of benzene rings is 2. The molecule has 6 nitrogen and oxygen atoms in total. The molecule has 2 heterocycles. The van der Waals surface area contributed by atoms with E-state index in [1.165, 1.54) is 16.9 Å². The minimum absolute atomic E-state index is 0.0810. The smallest absolute Gasteiger partial charge is 0.228 e. The van der Waals surface area contributed by atoms with E-state index >= 15 is 0 Å². The zero-order chi connectivity index (χ0) is 20.8. The van der Waals surface area contributed by atoms with Crippen LogP contribution in [0.3, 0.4) is 0 Å². The lowest BCUT2D eigenvalue weighted by Gasteiger charge is -2.32. The van der Waals surface area contributed by atoms with Crippen LogP contribution in [-0.2, 0) is 16.1 Å². The number of carbonyl (C=O) groups excluding carboxylic acids is 1. The number of nitrogens with one attached hydrogen (secondary N) is 1. The van der Waals surface area contributed by atoms with Gasteiger partial charge < -0.3 is 14.8 Å². The Labute approximate surface area is 180 Å². The molecular weight excluding hydrogens is 398 g/mol. The van der Waals surface area contributed by atoms with Crippen LogP contribution < -0.4 is 10.1 Å². The number of methoxy groups -OCH3 is 1. The number of nitrogens with zero attached hydrogens (tertiary/aromatic N) is 2. The predicted octanol–water partition coefficient (Wildman–Crippen LogP) is 4.05. The molecule has 1 aliphatic heterocycles. The highest BCUT2D eigenvalue weighted by atomic mass is 32.1. The van der Waals surface area contributed by atoms with Crippen LogP contribution in [0.15, 0.2) is 60.0 Å². The largest absolute Gasteiger partial charge is 0.496 e. The number of hydrogen-bond donors (Lipinski definition) is 1. The lowest BCUT2D eigenvalue weighted by atomic mass is 10.1. The number of morpholine rings is 1. The van der Waals surface area contributed by atoms with E-state index < -0.39 is 0 Å². The van der Waals surface area contributed by atoms with Gasteiger partial charge in [-0.1, -0.05) is 42.5 Å². The van der Waals surface area contributed by atoms with Crippen LogP contribution in [0.2, 0.25) is 0 Å². The van der Waals surface area contributed by atoms with E-state index in [2.05, 4.69) is 27.3 Å². The molecule has 0 bridgehead atoms. The summed E-state index contributed by atoms with van der Waals surface area (Å²) in [5.74, 6) is 0.678. The van der Waals surface area contributed by atoms with Gasteiger partial charge in [0.05, 0.1) is 31.9 Å². The van der Waals surface area contributed by atoms with Crippen LogP contribution >= 0.6 is 11.3 Å². The molecule has 156 valence electrons. The third-order valence-corrected chi connectivity index (χ3v) is 5.78. The molecule has 7 heteroatoms. The summed E-state index contributed by atoms with van der Waals surface area (Å²) < 4.78 is 11.2. The quantitative estimate of drug-likeness (QED) is 0.621. The minimum atomic E-state index is -0.115. The van der Waals surface area contributed by atoms with Crippen LogP contribution in [0.1, 0.15) is 12.0 Å². The number of thiazole rings is 1.